The van der Waals surface area contributed by atoms with Crippen molar-refractivity contribution in [2.45, 2.75) is 53.5 Å². The standard InChI is InChI=1S/C28H30ClN3O2S/c1-7-10-31-24-14-22(29)19(12-20(24)18(4)15-28(31,5)6)13-21-25(33)30-27(35)32(26(21)34)23-9-8-16(2)11-17(23)3/h8-9,11-15H,7,10H2,1-6H3,(H,30,33,35)/b21-13-. The van der Waals surface area contributed by atoms with E-state index >= 15 is 0 Å². The highest BCUT2D eigenvalue weighted by molar-refractivity contribution is 7.80. The van der Waals surface area contributed by atoms with E-state index in [1.165, 1.54) is 4.90 Å². The molecule has 1 fully saturated rings. The minimum absolute atomic E-state index is 0.0105. The number of hydrogen-bond acceptors (Lipinski definition) is 4. The Bertz CT molecular complexity index is 1330. The van der Waals surface area contributed by atoms with E-state index in [-0.39, 0.29) is 16.2 Å². The summed E-state index contributed by atoms with van der Waals surface area (Å²) in [6.07, 6.45) is 4.81. The normalized spacial score (nSPS) is 18.5. The van der Waals surface area contributed by atoms with Gasteiger partial charge in [0.05, 0.1) is 11.2 Å². The lowest BCUT2D eigenvalue weighted by Crippen LogP contribution is -2.54. The molecule has 2 aliphatic rings. The second-order valence-corrected chi connectivity index (χ2v) is 10.6. The highest BCUT2D eigenvalue weighted by Crippen LogP contribution is 2.42. The molecule has 1 saturated heterocycles. The highest BCUT2D eigenvalue weighted by Gasteiger charge is 2.36. The van der Waals surface area contributed by atoms with Gasteiger partial charge in [0, 0.05) is 22.8 Å². The molecule has 2 heterocycles. The van der Waals surface area contributed by atoms with Crippen LogP contribution in [0.1, 0.15) is 56.4 Å². The number of halogens is 1. The number of carbonyl (C=O) groups excluding carboxylic acids is 2. The summed E-state index contributed by atoms with van der Waals surface area (Å²) in [5.74, 6) is -1.00. The van der Waals surface area contributed by atoms with Crippen molar-refractivity contribution in [1.29, 1.82) is 0 Å². The molecule has 0 spiro atoms. The summed E-state index contributed by atoms with van der Waals surface area (Å²) < 4.78 is 0. The lowest BCUT2D eigenvalue weighted by atomic mass is 9.87. The van der Waals surface area contributed by atoms with E-state index in [0.29, 0.717) is 16.3 Å². The molecular weight excluding hydrogens is 478 g/mol. The molecule has 7 heteroatoms. The number of fused-ring (bicyclic) bond motifs is 1. The van der Waals surface area contributed by atoms with Gasteiger partial charge in [-0.3, -0.25) is 19.8 Å². The number of carbonyl (C=O) groups is 2. The minimum atomic E-state index is -0.532. The van der Waals surface area contributed by atoms with Gasteiger partial charge < -0.3 is 4.90 Å². The molecule has 182 valence electrons. The predicted octanol–water partition coefficient (Wildman–Crippen LogP) is 6.20. The van der Waals surface area contributed by atoms with Crippen LogP contribution in [0.4, 0.5) is 11.4 Å². The summed E-state index contributed by atoms with van der Waals surface area (Å²) in [7, 11) is 0. The van der Waals surface area contributed by atoms with E-state index in [4.69, 9.17) is 23.8 Å². The first kappa shape index (κ1) is 25.1. The van der Waals surface area contributed by atoms with E-state index in [1.54, 1.807) is 6.08 Å². The molecule has 2 aliphatic heterocycles. The van der Waals surface area contributed by atoms with Gasteiger partial charge in [-0.25, -0.2) is 0 Å². The van der Waals surface area contributed by atoms with E-state index < -0.39 is 11.8 Å². The van der Waals surface area contributed by atoms with Crippen molar-refractivity contribution in [3.05, 3.63) is 69.3 Å². The summed E-state index contributed by atoms with van der Waals surface area (Å²) in [5.41, 5.74) is 6.30. The van der Waals surface area contributed by atoms with Gasteiger partial charge in [0.2, 0.25) is 0 Å². The second kappa shape index (κ2) is 9.25. The van der Waals surface area contributed by atoms with Crippen molar-refractivity contribution in [3.63, 3.8) is 0 Å². The third kappa shape index (κ3) is 4.53. The van der Waals surface area contributed by atoms with Crippen LogP contribution in [0.2, 0.25) is 5.02 Å². The molecule has 0 aromatic heterocycles. The van der Waals surface area contributed by atoms with Gasteiger partial charge in [0.1, 0.15) is 5.57 Å². The number of nitrogens with one attached hydrogen (secondary N) is 1. The van der Waals surface area contributed by atoms with Crippen molar-refractivity contribution in [3.8, 4) is 0 Å². The van der Waals surface area contributed by atoms with Crippen LogP contribution >= 0.6 is 23.8 Å². The smallest absolute Gasteiger partial charge is 0.270 e. The lowest BCUT2D eigenvalue weighted by Gasteiger charge is -2.43. The van der Waals surface area contributed by atoms with Gasteiger partial charge in [-0.15, -0.1) is 0 Å². The number of nitrogens with zero attached hydrogens (tertiary/aromatic N) is 2. The van der Waals surface area contributed by atoms with Crippen molar-refractivity contribution in [1.82, 2.24) is 5.32 Å². The van der Waals surface area contributed by atoms with Gasteiger partial charge in [0.15, 0.2) is 5.11 Å². The summed E-state index contributed by atoms with van der Waals surface area (Å²) in [6.45, 7) is 13.4. The van der Waals surface area contributed by atoms with Crippen LogP contribution < -0.4 is 15.1 Å². The summed E-state index contributed by atoms with van der Waals surface area (Å²) in [4.78, 5) is 30.1. The van der Waals surface area contributed by atoms with Crippen LogP contribution in [0.25, 0.3) is 11.6 Å². The zero-order valence-electron chi connectivity index (χ0n) is 21.0. The summed E-state index contributed by atoms with van der Waals surface area (Å²) in [5, 5.41) is 3.21. The highest BCUT2D eigenvalue weighted by atomic mass is 35.5. The molecule has 0 saturated carbocycles. The molecule has 0 radical (unpaired) electrons. The van der Waals surface area contributed by atoms with Crippen LogP contribution in [-0.4, -0.2) is 29.0 Å². The van der Waals surface area contributed by atoms with Crippen LogP contribution in [0.15, 0.2) is 42.0 Å². The zero-order valence-corrected chi connectivity index (χ0v) is 22.5. The number of allylic oxidation sites excluding steroid dienone is 1. The lowest BCUT2D eigenvalue weighted by molar-refractivity contribution is -0.122. The first-order valence-electron chi connectivity index (χ1n) is 11.7. The number of aryl methyl sites for hydroxylation is 2. The van der Waals surface area contributed by atoms with Crippen LogP contribution in [0.5, 0.6) is 0 Å². The molecule has 2 aromatic carbocycles. The third-order valence-electron chi connectivity index (χ3n) is 6.54. The maximum atomic E-state index is 13.5. The fraction of sp³-hybridized carbons (Fsp3) is 0.321. The van der Waals surface area contributed by atoms with Crippen molar-refractivity contribution >= 4 is 63.8 Å². The fourth-order valence-corrected chi connectivity index (χ4v) is 5.43. The molecular formula is C28H30ClN3O2S. The number of benzene rings is 2. The quantitative estimate of drug-likeness (QED) is 0.304. The molecule has 0 bridgehead atoms. The Balaban J connectivity index is 1.80. The molecule has 2 aromatic rings. The van der Waals surface area contributed by atoms with Gasteiger partial charge in [-0.1, -0.05) is 42.3 Å². The predicted molar refractivity (Wildman–Crippen MR) is 149 cm³/mol. The van der Waals surface area contributed by atoms with Crippen LogP contribution in [0.3, 0.4) is 0 Å². The van der Waals surface area contributed by atoms with Crippen LogP contribution in [-0.2, 0) is 9.59 Å². The fourth-order valence-electron chi connectivity index (χ4n) is 4.95. The third-order valence-corrected chi connectivity index (χ3v) is 7.15. The maximum absolute atomic E-state index is 13.5. The number of rotatable bonds is 4. The number of thiocarbonyl (C=S) groups is 1. The Morgan fingerprint density at radius 2 is 1.80 bits per heavy atom. The van der Waals surface area contributed by atoms with Gasteiger partial charge >= 0.3 is 0 Å². The molecule has 0 atom stereocenters. The van der Waals surface area contributed by atoms with E-state index in [0.717, 1.165) is 40.9 Å². The Kier molecular flexibility index (Phi) is 6.64. The van der Waals surface area contributed by atoms with E-state index in [9.17, 15) is 9.59 Å². The first-order valence-corrected chi connectivity index (χ1v) is 12.5. The molecule has 4 rings (SSSR count). The minimum Gasteiger partial charge on any atom is -0.362 e. The number of amides is 2. The van der Waals surface area contributed by atoms with E-state index in [1.807, 2.05) is 44.2 Å². The Labute approximate surface area is 217 Å². The number of hydrogen-bond donors (Lipinski definition) is 1. The zero-order chi connectivity index (χ0) is 25.7. The largest absolute Gasteiger partial charge is 0.362 e. The summed E-state index contributed by atoms with van der Waals surface area (Å²) in [6, 6.07) is 9.63. The molecule has 1 N–H and O–H groups in total. The van der Waals surface area contributed by atoms with Crippen molar-refractivity contribution in [2.75, 3.05) is 16.3 Å². The first-order chi connectivity index (χ1) is 16.4. The van der Waals surface area contributed by atoms with Crippen molar-refractivity contribution < 1.29 is 9.59 Å². The Morgan fingerprint density at radius 3 is 2.46 bits per heavy atom. The molecule has 2 amide bonds. The maximum Gasteiger partial charge on any atom is 0.270 e. The molecule has 35 heavy (non-hydrogen) atoms. The van der Waals surface area contributed by atoms with Gasteiger partial charge in [-0.2, -0.15) is 0 Å². The second-order valence-electron chi connectivity index (χ2n) is 9.77. The molecule has 5 nitrogen and oxygen atoms in total. The SMILES string of the molecule is CCCN1c2cc(Cl)c(/C=C3/C(=O)NC(=S)N(c4ccc(C)cc4C)C3=O)cc2C(C)=CC1(C)C. The monoisotopic (exact) mass is 507 g/mol. The Morgan fingerprint density at radius 1 is 1.09 bits per heavy atom. The Hall–Kier alpha value is -2.96. The van der Waals surface area contributed by atoms with Crippen molar-refractivity contribution in [2.24, 2.45) is 0 Å². The average Bonchev–Trinajstić information content (AvgIpc) is 2.75. The average molecular weight is 508 g/mol. The molecule has 0 aliphatic carbocycles. The van der Waals surface area contributed by atoms with Crippen LogP contribution in [0, 0.1) is 13.8 Å². The topological polar surface area (TPSA) is 52.7 Å². The number of anilines is 2. The van der Waals surface area contributed by atoms with Gasteiger partial charge in [0.25, 0.3) is 11.8 Å². The molecule has 0 unspecified atom stereocenters. The van der Waals surface area contributed by atoms with E-state index in [2.05, 4.69) is 44.0 Å². The summed E-state index contributed by atoms with van der Waals surface area (Å²) >= 11 is 12.1. The van der Waals surface area contributed by atoms with Gasteiger partial charge in [-0.05, 0) is 94.2 Å².